The summed E-state index contributed by atoms with van der Waals surface area (Å²) in [4.78, 5) is 25.2. The van der Waals surface area contributed by atoms with E-state index in [1.165, 1.54) is 12.1 Å². The fourth-order valence-corrected chi connectivity index (χ4v) is 6.72. The molecule has 2 aromatic carbocycles. The van der Waals surface area contributed by atoms with Crippen LogP contribution in [0, 0.1) is 0 Å². The number of sulfonamides is 1. The van der Waals surface area contributed by atoms with Gasteiger partial charge in [0.2, 0.25) is 0 Å². The highest BCUT2D eigenvalue weighted by molar-refractivity contribution is 7.90. The first kappa shape index (κ1) is 30.8. The second-order valence-corrected chi connectivity index (χ2v) is 13.1. The Bertz CT molecular complexity index is 1330. The number of fused-ring (bicyclic) bond motifs is 1. The van der Waals surface area contributed by atoms with Gasteiger partial charge < -0.3 is 9.47 Å². The van der Waals surface area contributed by atoms with Gasteiger partial charge in [-0.2, -0.15) is 0 Å². The largest absolute Gasteiger partial charge is 0.482 e. The number of rotatable bonds is 13. The van der Waals surface area contributed by atoms with Gasteiger partial charge >= 0.3 is 13.8 Å². The lowest BCUT2D eigenvalue weighted by Gasteiger charge is -2.24. The summed E-state index contributed by atoms with van der Waals surface area (Å²) in [6.45, 7) is 8.73. The number of ether oxygens (including phenoxy) is 2. The van der Waals surface area contributed by atoms with Crippen LogP contribution in [0.15, 0.2) is 47.4 Å². The van der Waals surface area contributed by atoms with Crippen LogP contribution in [0.4, 0.5) is 0 Å². The molecule has 0 saturated heterocycles. The molecule has 0 aromatic heterocycles. The SMILES string of the molecule is CC(C)OP(=O)(OCN1C(=O)c2c(C(C)C)cc(OCC(=O)OCc3ccccc3)cc2S1(=O)=O)OC(C)C. The third-order valence-electron chi connectivity index (χ3n) is 5.35. The summed E-state index contributed by atoms with van der Waals surface area (Å²) in [5, 5.41) is 0. The Kier molecular flexibility index (Phi) is 9.95. The molecule has 0 spiro atoms. The first-order chi connectivity index (χ1) is 18.2. The number of carbonyl (C=O) groups excluding carboxylic acids is 2. The highest BCUT2D eigenvalue weighted by Gasteiger charge is 2.45. The Labute approximate surface area is 229 Å². The number of phosphoric ester groups is 1. The van der Waals surface area contributed by atoms with Crippen LogP contribution >= 0.6 is 7.82 Å². The van der Waals surface area contributed by atoms with E-state index < -0.39 is 55.3 Å². The van der Waals surface area contributed by atoms with Gasteiger partial charge in [0.15, 0.2) is 6.61 Å². The number of carbonyl (C=O) groups is 2. The van der Waals surface area contributed by atoms with E-state index in [1.807, 2.05) is 30.3 Å². The molecule has 13 heteroatoms. The minimum Gasteiger partial charge on any atom is -0.482 e. The summed E-state index contributed by atoms with van der Waals surface area (Å²) in [6, 6.07) is 11.8. The summed E-state index contributed by atoms with van der Waals surface area (Å²) in [5.74, 6) is -1.69. The second-order valence-electron chi connectivity index (χ2n) is 9.65. The standard InChI is InChI=1S/C26H34NO10PS/c1-17(2)22-12-21(33-15-24(28)34-14-20-10-8-7-9-11-20)13-23-25(22)26(29)27(39(23,31)32)16-35-38(30,36-18(3)4)37-19(5)6/h7-13,17-19H,14-16H2,1-6H3. The van der Waals surface area contributed by atoms with E-state index in [0.29, 0.717) is 9.87 Å². The van der Waals surface area contributed by atoms with Gasteiger partial charge in [-0.05, 0) is 50.8 Å². The van der Waals surface area contributed by atoms with E-state index in [2.05, 4.69) is 0 Å². The molecule has 39 heavy (non-hydrogen) atoms. The van der Waals surface area contributed by atoms with Gasteiger partial charge in [0.25, 0.3) is 15.9 Å². The van der Waals surface area contributed by atoms with Gasteiger partial charge in [0, 0.05) is 6.07 Å². The van der Waals surface area contributed by atoms with Crippen LogP contribution in [0.25, 0.3) is 0 Å². The molecule has 3 rings (SSSR count). The van der Waals surface area contributed by atoms with Crippen molar-refractivity contribution in [1.82, 2.24) is 4.31 Å². The predicted molar refractivity (Wildman–Crippen MR) is 142 cm³/mol. The van der Waals surface area contributed by atoms with E-state index in [9.17, 15) is 22.6 Å². The molecule has 0 radical (unpaired) electrons. The number of benzene rings is 2. The van der Waals surface area contributed by atoms with Crippen LogP contribution in [-0.2, 0) is 44.3 Å². The first-order valence-electron chi connectivity index (χ1n) is 12.4. The van der Waals surface area contributed by atoms with E-state index >= 15 is 0 Å². The summed E-state index contributed by atoms with van der Waals surface area (Å²) in [5.41, 5.74) is 1.16. The maximum atomic E-state index is 13.4. The van der Waals surface area contributed by atoms with Gasteiger partial charge in [0.1, 0.15) is 24.0 Å². The zero-order valence-corrected chi connectivity index (χ0v) is 24.5. The van der Waals surface area contributed by atoms with Crippen molar-refractivity contribution in [3.8, 4) is 5.75 Å². The van der Waals surface area contributed by atoms with Gasteiger partial charge in [0.05, 0.1) is 17.8 Å². The molecule has 0 fully saturated rings. The molecule has 1 aliphatic rings. The summed E-state index contributed by atoms with van der Waals surface area (Å²) in [7, 11) is -8.60. The van der Waals surface area contributed by atoms with E-state index in [4.69, 9.17) is 23.0 Å². The third kappa shape index (κ3) is 7.67. The average molecular weight is 584 g/mol. The topological polar surface area (TPSA) is 135 Å². The van der Waals surface area contributed by atoms with Crippen molar-refractivity contribution in [3.05, 3.63) is 59.2 Å². The Morgan fingerprint density at radius 2 is 1.59 bits per heavy atom. The fourth-order valence-electron chi connectivity index (χ4n) is 3.71. The highest BCUT2D eigenvalue weighted by Crippen LogP contribution is 2.52. The fraction of sp³-hybridized carbons (Fsp3) is 0.462. The van der Waals surface area contributed by atoms with Crippen molar-refractivity contribution >= 4 is 29.7 Å². The minimum atomic E-state index is -4.41. The molecular weight excluding hydrogens is 549 g/mol. The molecule has 0 N–H and O–H groups in total. The van der Waals surface area contributed by atoms with Crippen LogP contribution in [0.1, 0.15) is 68.9 Å². The van der Waals surface area contributed by atoms with Gasteiger partial charge in [-0.15, -0.1) is 0 Å². The lowest BCUT2D eigenvalue weighted by atomic mass is 9.96. The van der Waals surface area contributed by atoms with E-state index in [-0.39, 0.29) is 28.7 Å². The van der Waals surface area contributed by atoms with Crippen LogP contribution in [0.5, 0.6) is 5.75 Å². The van der Waals surface area contributed by atoms with Gasteiger partial charge in [-0.1, -0.05) is 44.2 Å². The second kappa shape index (κ2) is 12.6. The minimum absolute atomic E-state index is 0.0445. The normalized spacial score (nSPS) is 14.8. The van der Waals surface area contributed by atoms with Crippen LogP contribution in [0.2, 0.25) is 0 Å². The number of hydrogen-bond acceptors (Lipinski definition) is 10. The first-order valence-corrected chi connectivity index (χ1v) is 15.3. The Morgan fingerprint density at radius 1 is 0.974 bits per heavy atom. The Hall–Kier alpha value is -2.76. The van der Waals surface area contributed by atoms with Crippen molar-refractivity contribution in [3.63, 3.8) is 0 Å². The maximum absolute atomic E-state index is 13.4. The summed E-state index contributed by atoms with van der Waals surface area (Å²) >= 11 is 0. The van der Waals surface area contributed by atoms with E-state index in [0.717, 1.165) is 5.56 Å². The molecule has 11 nitrogen and oxygen atoms in total. The highest BCUT2D eigenvalue weighted by atomic mass is 32.2. The quantitative estimate of drug-likeness (QED) is 0.234. The number of amides is 1. The predicted octanol–water partition coefficient (Wildman–Crippen LogP) is 5.01. The lowest BCUT2D eigenvalue weighted by molar-refractivity contribution is -0.147. The third-order valence-corrected chi connectivity index (χ3v) is 8.87. The number of nitrogens with zero attached hydrogens (tertiary/aromatic N) is 1. The molecule has 1 amide bonds. The molecule has 0 unspecified atom stereocenters. The molecule has 0 bridgehead atoms. The molecule has 1 aliphatic heterocycles. The lowest BCUT2D eigenvalue weighted by Crippen LogP contribution is -2.32. The molecule has 0 saturated carbocycles. The summed E-state index contributed by atoms with van der Waals surface area (Å²) < 4.78 is 66.9. The average Bonchev–Trinajstić information content (AvgIpc) is 3.03. The van der Waals surface area contributed by atoms with Crippen LogP contribution < -0.4 is 4.74 Å². The van der Waals surface area contributed by atoms with E-state index in [1.54, 1.807) is 41.5 Å². The Morgan fingerprint density at radius 3 is 2.15 bits per heavy atom. The van der Waals surface area contributed by atoms with Crippen LogP contribution in [-0.4, -0.2) is 50.1 Å². The van der Waals surface area contributed by atoms with Crippen molar-refractivity contribution in [1.29, 1.82) is 0 Å². The van der Waals surface area contributed by atoms with Crippen molar-refractivity contribution in [2.75, 3.05) is 13.3 Å². The van der Waals surface area contributed by atoms with Crippen LogP contribution in [0.3, 0.4) is 0 Å². The smallest absolute Gasteiger partial charge is 0.477 e. The van der Waals surface area contributed by atoms with Crippen molar-refractivity contribution < 1.29 is 45.6 Å². The molecule has 0 aliphatic carbocycles. The molecule has 2 aromatic rings. The zero-order valence-electron chi connectivity index (χ0n) is 22.8. The number of esters is 1. The van der Waals surface area contributed by atoms with Gasteiger partial charge in [-0.25, -0.2) is 22.1 Å². The molecule has 1 heterocycles. The van der Waals surface area contributed by atoms with Crippen molar-refractivity contribution in [2.45, 2.75) is 71.2 Å². The number of hydrogen-bond donors (Lipinski definition) is 0. The zero-order chi connectivity index (χ0) is 29.0. The molecular formula is C26H34NO10PS. The van der Waals surface area contributed by atoms with Gasteiger partial charge in [-0.3, -0.25) is 18.4 Å². The number of phosphoric acid groups is 1. The molecule has 0 atom stereocenters. The Balaban J connectivity index is 1.80. The summed E-state index contributed by atoms with van der Waals surface area (Å²) in [6.07, 6.45) is -1.10. The maximum Gasteiger partial charge on any atom is 0.477 e. The monoisotopic (exact) mass is 583 g/mol. The molecule has 214 valence electrons. The van der Waals surface area contributed by atoms with Crippen molar-refractivity contribution in [2.24, 2.45) is 0 Å².